The first-order valence-electron chi connectivity index (χ1n) is 8.99. The summed E-state index contributed by atoms with van der Waals surface area (Å²) in [6, 6.07) is 18.5. The summed E-state index contributed by atoms with van der Waals surface area (Å²) in [6.45, 7) is 0. The number of hydrogen-bond donors (Lipinski definition) is 3. The van der Waals surface area contributed by atoms with Gasteiger partial charge >= 0.3 is 0 Å². The van der Waals surface area contributed by atoms with E-state index in [1.807, 2.05) is 42.5 Å². The summed E-state index contributed by atoms with van der Waals surface area (Å²) >= 11 is 35.4. The van der Waals surface area contributed by atoms with E-state index in [9.17, 15) is 4.79 Å². The van der Waals surface area contributed by atoms with Gasteiger partial charge in [0.25, 0.3) is 0 Å². The van der Waals surface area contributed by atoms with E-state index in [-0.39, 0.29) is 17.4 Å². The first-order chi connectivity index (χ1) is 14.6. The van der Waals surface area contributed by atoms with Gasteiger partial charge in [0.1, 0.15) is 6.17 Å². The summed E-state index contributed by atoms with van der Waals surface area (Å²) in [5.74, 6) is -0.336. The van der Waals surface area contributed by atoms with Crippen LogP contribution in [0.2, 0.25) is 10.0 Å². The van der Waals surface area contributed by atoms with Crippen LogP contribution in [0.5, 0.6) is 0 Å². The maximum absolute atomic E-state index is 12.7. The third-order valence-electron chi connectivity index (χ3n) is 4.32. The number of carbonyl (C=O) groups excluding carboxylic acids is 1. The first kappa shape index (κ1) is 24.2. The van der Waals surface area contributed by atoms with Gasteiger partial charge in [-0.05, 0) is 46.8 Å². The Bertz CT molecular complexity index is 1110. The quantitative estimate of drug-likeness (QED) is 0.199. The molecule has 0 unspecified atom stereocenters. The average Bonchev–Trinajstić information content (AvgIpc) is 2.70. The number of carbonyl (C=O) groups is 1. The highest BCUT2D eigenvalue weighted by Crippen LogP contribution is 2.30. The molecule has 0 heterocycles. The van der Waals surface area contributed by atoms with E-state index in [1.54, 1.807) is 18.2 Å². The normalized spacial score (nSPS) is 12.3. The van der Waals surface area contributed by atoms with Crippen molar-refractivity contribution in [2.75, 3.05) is 5.32 Å². The van der Waals surface area contributed by atoms with Crippen LogP contribution in [0, 0.1) is 0 Å². The van der Waals surface area contributed by atoms with Gasteiger partial charge < -0.3 is 16.0 Å². The van der Waals surface area contributed by atoms with Gasteiger partial charge in [-0.3, -0.25) is 4.79 Å². The molecule has 3 aromatic rings. The number of benzene rings is 3. The second kappa shape index (κ2) is 10.4. The number of hydrogen-bond acceptors (Lipinski definition) is 2. The van der Waals surface area contributed by atoms with E-state index < -0.39 is 9.96 Å². The lowest BCUT2D eigenvalue weighted by molar-refractivity contribution is -0.121. The van der Waals surface area contributed by atoms with Crippen molar-refractivity contribution in [3.05, 3.63) is 76.3 Å². The Morgan fingerprint density at radius 2 is 1.65 bits per heavy atom. The lowest BCUT2D eigenvalue weighted by atomic mass is 10.0. The number of amides is 1. The monoisotopic (exact) mass is 533 g/mol. The summed E-state index contributed by atoms with van der Waals surface area (Å²) in [4.78, 5) is 12.7. The van der Waals surface area contributed by atoms with Crippen LogP contribution < -0.4 is 16.0 Å². The van der Waals surface area contributed by atoms with Crippen molar-refractivity contribution in [3.8, 4) is 0 Å². The highest BCUT2D eigenvalue weighted by molar-refractivity contribution is 7.80. The molecule has 0 saturated heterocycles. The van der Waals surface area contributed by atoms with Crippen LogP contribution in [0.15, 0.2) is 60.7 Å². The number of anilines is 1. The molecule has 0 aliphatic carbocycles. The summed E-state index contributed by atoms with van der Waals surface area (Å²) in [6.07, 6.45) is -0.976. The van der Waals surface area contributed by atoms with Crippen LogP contribution >= 0.6 is 70.2 Å². The Kier molecular flexibility index (Phi) is 8.14. The second-order valence-corrected chi connectivity index (χ2v) is 10.2. The molecule has 1 atom stereocenters. The zero-order valence-electron chi connectivity index (χ0n) is 15.8. The van der Waals surface area contributed by atoms with Crippen LogP contribution in [0.4, 0.5) is 5.69 Å². The van der Waals surface area contributed by atoms with Crippen molar-refractivity contribution in [2.24, 2.45) is 0 Å². The predicted molar refractivity (Wildman–Crippen MR) is 136 cm³/mol. The minimum atomic E-state index is -1.86. The van der Waals surface area contributed by atoms with Crippen LogP contribution in [0.1, 0.15) is 5.56 Å². The van der Waals surface area contributed by atoms with Crippen molar-refractivity contribution in [3.63, 3.8) is 0 Å². The third-order valence-corrected chi connectivity index (χ3v) is 5.93. The highest BCUT2D eigenvalue weighted by Gasteiger charge is 2.34. The van der Waals surface area contributed by atoms with Crippen molar-refractivity contribution in [1.82, 2.24) is 10.6 Å². The molecule has 0 aliphatic heterocycles. The predicted octanol–water partition coefficient (Wildman–Crippen LogP) is 6.49. The fraction of sp³-hybridized carbons (Fsp3) is 0.143. The van der Waals surface area contributed by atoms with E-state index in [0.29, 0.717) is 15.7 Å². The summed E-state index contributed by atoms with van der Waals surface area (Å²) in [7, 11) is 0. The Morgan fingerprint density at radius 3 is 2.35 bits per heavy atom. The fourth-order valence-corrected chi connectivity index (χ4v) is 3.76. The Hall–Kier alpha value is -1.47. The van der Waals surface area contributed by atoms with E-state index >= 15 is 0 Å². The Morgan fingerprint density at radius 1 is 0.935 bits per heavy atom. The maximum Gasteiger partial charge on any atom is 0.228 e. The van der Waals surface area contributed by atoms with Crippen molar-refractivity contribution < 1.29 is 4.79 Å². The topological polar surface area (TPSA) is 53.2 Å². The van der Waals surface area contributed by atoms with Crippen LogP contribution in [-0.4, -0.2) is 21.0 Å². The Labute approximate surface area is 210 Å². The molecule has 1 amide bonds. The number of thiocarbonyl (C=S) groups is 1. The smallest absolute Gasteiger partial charge is 0.228 e. The van der Waals surface area contributed by atoms with Gasteiger partial charge in [-0.2, -0.15) is 0 Å². The standard InChI is InChI=1S/C21H16Cl5N3OS/c22-16-9-8-14(11-17(16)23)27-20(31)29-19(21(24,25)26)28-18(30)10-13-6-3-5-12-4-1-2-7-15(12)13/h1-9,11,19H,10H2,(H,28,30)(H2,27,29,31)/t19-/m1/s1. The van der Waals surface area contributed by atoms with Gasteiger partial charge in [-0.1, -0.05) is 100 Å². The molecule has 31 heavy (non-hydrogen) atoms. The number of alkyl halides is 3. The molecule has 0 bridgehead atoms. The number of rotatable bonds is 5. The van der Waals surface area contributed by atoms with Gasteiger partial charge in [-0.15, -0.1) is 0 Å². The number of nitrogens with one attached hydrogen (secondary N) is 3. The number of halogens is 5. The molecule has 4 nitrogen and oxygen atoms in total. The van der Waals surface area contributed by atoms with Gasteiger partial charge in [0, 0.05) is 5.69 Å². The average molecular weight is 536 g/mol. The molecule has 10 heteroatoms. The molecule has 3 N–H and O–H groups in total. The molecule has 0 aliphatic rings. The second-order valence-electron chi connectivity index (χ2n) is 6.58. The molecule has 0 saturated carbocycles. The van der Waals surface area contributed by atoms with Crippen LogP contribution in [0.3, 0.4) is 0 Å². The van der Waals surface area contributed by atoms with Gasteiger partial charge in [0.2, 0.25) is 9.70 Å². The van der Waals surface area contributed by atoms with Gasteiger partial charge in [-0.25, -0.2) is 0 Å². The van der Waals surface area contributed by atoms with E-state index in [0.717, 1.165) is 16.3 Å². The zero-order chi connectivity index (χ0) is 22.6. The van der Waals surface area contributed by atoms with Crippen LogP contribution in [0.25, 0.3) is 10.8 Å². The summed E-state index contributed by atoms with van der Waals surface area (Å²) < 4.78 is -1.86. The largest absolute Gasteiger partial charge is 0.339 e. The Balaban J connectivity index is 1.68. The fourth-order valence-electron chi connectivity index (χ4n) is 2.90. The SMILES string of the molecule is O=C(Cc1cccc2ccccc12)N[C@H](NC(=S)Nc1ccc(Cl)c(Cl)c1)C(Cl)(Cl)Cl. The zero-order valence-corrected chi connectivity index (χ0v) is 20.4. The van der Waals surface area contributed by atoms with Gasteiger partial charge in [0.15, 0.2) is 5.11 Å². The summed E-state index contributed by atoms with van der Waals surface area (Å²) in [5, 5.41) is 11.3. The van der Waals surface area contributed by atoms with Crippen molar-refractivity contribution in [2.45, 2.75) is 16.4 Å². The minimum Gasteiger partial charge on any atom is -0.339 e. The minimum absolute atomic E-state index is 0.104. The molecule has 0 spiro atoms. The lowest BCUT2D eigenvalue weighted by Crippen LogP contribution is -2.56. The molecule has 3 aromatic carbocycles. The molecular weight excluding hydrogens is 520 g/mol. The van der Waals surface area contributed by atoms with Gasteiger partial charge in [0.05, 0.1) is 16.5 Å². The third kappa shape index (κ3) is 6.75. The lowest BCUT2D eigenvalue weighted by Gasteiger charge is -2.28. The summed E-state index contributed by atoms with van der Waals surface area (Å²) in [5.41, 5.74) is 1.44. The molecule has 3 rings (SSSR count). The number of fused-ring (bicyclic) bond motifs is 1. The van der Waals surface area contributed by atoms with Crippen molar-refractivity contribution >= 4 is 97.7 Å². The van der Waals surface area contributed by atoms with Crippen molar-refractivity contribution in [1.29, 1.82) is 0 Å². The maximum atomic E-state index is 12.7. The van der Waals surface area contributed by atoms with E-state index in [2.05, 4.69) is 16.0 Å². The molecule has 162 valence electrons. The molecule has 0 radical (unpaired) electrons. The molecular formula is C21H16Cl5N3OS. The highest BCUT2D eigenvalue weighted by atomic mass is 35.6. The molecule has 0 aromatic heterocycles. The van der Waals surface area contributed by atoms with Crippen LogP contribution in [-0.2, 0) is 11.2 Å². The molecule has 0 fully saturated rings. The van der Waals surface area contributed by atoms with E-state index in [1.165, 1.54) is 0 Å². The first-order valence-corrected chi connectivity index (χ1v) is 11.3. The van der Waals surface area contributed by atoms with E-state index in [4.69, 9.17) is 70.2 Å².